The maximum atomic E-state index is 12.9. The van der Waals surface area contributed by atoms with E-state index < -0.39 is 11.8 Å². The zero-order valence-corrected chi connectivity index (χ0v) is 16.7. The van der Waals surface area contributed by atoms with E-state index in [1.807, 2.05) is 6.92 Å². The predicted octanol–water partition coefficient (Wildman–Crippen LogP) is 1.75. The van der Waals surface area contributed by atoms with E-state index in [9.17, 15) is 14.4 Å². The fraction of sp³-hybridized carbons (Fsp3) is 0.263. The number of nitrogens with zero attached hydrogens (tertiary/aromatic N) is 2. The Bertz CT molecular complexity index is 1060. The molecule has 0 fully saturated rings. The second-order valence-electron chi connectivity index (χ2n) is 6.16. The van der Waals surface area contributed by atoms with Gasteiger partial charge in [0.25, 0.3) is 5.56 Å². The molecule has 0 spiro atoms. The predicted molar refractivity (Wildman–Crippen MR) is 108 cm³/mol. The fourth-order valence-electron chi connectivity index (χ4n) is 2.69. The third kappa shape index (κ3) is 4.84. The minimum atomic E-state index is -0.567. The van der Waals surface area contributed by atoms with Crippen LogP contribution >= 0.6 is 11.8 Å². The molecule has 1 atom stereocenters. The Balaban J connectivity index is 1.74. The Morgan fingerprint density at radius 1 is 1.24 bits per heavy atom. The Morgan fingerprint density at radius 3 is 2.76 bits per heavy atom. The molecule has 2 N–H and O–H groups in total. The first kappa shape index (κ1) is 20.6. The number of hydrazine groups is 1. The molecule has 1 aromatic carbocycles. The Labute approximate surface area is 170 Å². The standard InChI is InChI=1S/C19H20N4O5S/c1-12(10-27-2)23-18(26)13-6-3-4-7-14(13)20-19(23)29-11-16(24)21-22-17(25)15-8-5-9-28-15/h3-9,12H,10-11H2,1-2H3,(H,21,24)(H,22,25). The lowest BCUT2D eigenvalue weighted by Crippen LogP contribution is -2.42. The van der Waals surface area contributed by atoms with Crippen LogP contribution in [-0.4, -0.2) is 40.8 Å². The second-order valence-corrected chi connectivity index (χ2v) is 7.10. The summed E-state index contributed by atoms with van der Waals surface area (Å²) in [6.45, 7) is 2.16. The second kappa shape index (κ2) is 9.39. The molecular formula is C19H20N4O5S. The number of rotatable bonds is 7. The number of aromatic nitrogens is 2. The van der Waals surface area contributed by atoms with E-state index in [1.165, 1.54) is 16.9 Å². The summed E-state index contributed by atoms with van der Waals surface area (Å²) in [5.41, 5.74) is 4.92. The van der Waals surface area contributed by atoms with E-state index in [0.717, 1.165) is 11.8 Å². The van der Waals surface area contributed by atoms with Crippen LogP contribution in [-0.2, 0) is 9.53 Å². The van der Waals surface area contributed by atoms with Gasteiger partial charge >= 0.3 is 5.91 Å². The van der Waals surface area contributed by atoms with E-state index in [1.54, 1.807) is 37.4 Å². The number of nitrogens with one attached hydrogen (secondary N) is 2. The molecule has 0 aliphatic carbocycles. The fourth-order valence-corrected chi connectivity index (χ4v) is 3.59. The van der Waals surface area contributed by atoms with Gasteiger partial charge in [-0.25, -0.2) is 4.98 Å². The van der Waals surface area contributed by atoms with Gasteiger partial charge in [0.05, 0.1) is 35.6 Å². The summed E-state index contributed by atoms with van der Waals surface area (Å²) in [6, 6.07) is 9.81. The SMILES string of the molecule is COCC(C)n1c(SCC(=O)NNC(=O)c2ccco2)nc2ccccc2c1=O. The molecule has 0 radical (unpaired) electrons. The minimum absolute atomic E-state index is 0.0527. The molecule has 152 valence electrons. The molecule has 0 aliphatic heterocycles. The van der Waals surface area contributed by atoms with Crippen molar-refractivity contribution in [2.75, 3.05) is 19.5 Å². The van der Waals surface area contributed by atoms with Crippen molar-refractivity contribution in [3.05, 3.63) is 58.8 Å². The van der Waals surface area contributed by atoms with Gasteiger partial charge in [-0.1, -0.05) is 23.9 Å². The summed E-state index contributed by atoms with van der Waals surface area (Å²) in [7, 11) is 1.55. The highest BCUT2D eigenvalue weighted by Crippen LogP contribution is 2.21. The molecular weight excluding hydrogens is 396 g/mol. The largest absolute Gasteiger partial charge is 0.459 e. The Morgan fingerprint density at radius 2 is 2.03 bits per heavy atom. The van der Waals surface area contributed by atoms with Crippen LogP contribution in [0.1, 0.15) is 23.5 Å². The number of methoxy groups -OCH3 is 1. The van der Waals surface area contributed by atoms with Gasteiger partial charge in [-0.2, -0.15) is 0 Å². The zero-order chi connectivity index (χ0) is 20.8. The number of ether oxygens (including phenoxy) is 1. The first-order chi connectivity index (χ1) is 14.0. The average molecular weight is 416 g/mol. The number of amides is 2. The number of fused-ring (bicyclic) bond motifs is 1. The lowest BCUT2D eigenvalue weighted by Gasteiger charge is -2.18. The van der Waals surface area contributed by atoms with Crippen molar-refractivity contribution in [3.8, 4) is 0 Å². The molecule has 2 amide bonds. The molecule has 0 saturated heterocycles. The van der Waals surface area contributed by atoms with Crippen LogP contribution in [0.15, 0.2) is 57.0 Å². The summed E-state index contributed by atoms with van der Waals surface area (Å²) >= 11 is 1.10. The van der Waals surface area contributed by atoms with E-state index in [-0.39, 0.29) is 23.1 Å². The number of carbonyl (C=O) groups is 2. The van der Waals surface area contributed by atoms with Gasteiger partial charge in [-0.05, 0) is 31.2 Å². The molecule has 9 nitrogen and oxygen atoms in total. The normalized spacial score (nSPS) is 11.9. The number of thioether (sulfide) groups is 1. The van der Waals surface area contributed by atoms with Crippen LogP contribution in [0.3, 0.4) is 0 Å². The van der Waals surface area contributed by atoms with E-state index >= 15 is 0 Å². The number of benzene rings is 1. The van der Waals surface area contributed by atoms with Crippen LogP contribution < -0.4 is 16.4 Å². The molecule has 3 rings (SSSR count). The number of hydrogen-bond donors (Lipinski definition) is 2. The van der Waals surface area contributed by atoms with Gasteiger partial charge in [0.1, 0.15) is 0 Å². The molecule has 0 saturated carbocycles. The lowest BCUT2D eigenvalue weighted by atomic mass is 10.2. The smallest absolute Gasteiger partial charge is 0.305 e. The number of hydrogen-bond acceptors (Lipinski definition) is 7. The Kier molecular flexibility index (Phi) is 6.68. The monoisotopic (exact) mass is 416 g/mol. The molecule has 0 aliphatic rings. The van der Waals surface area contributed by atoms with Gasteiger partial charge in [-0.15, -0.1) is 0 Å². The summed E-state index contributed by atoms with van der Waals surface area (Å²) in [6.07, 6.45) is 1.36. The maximum Gasteiger partial charge on any atom is 0.305 e. The van der Waals surface area contributed by atoms with Crippen molar-refractivity contribution in [1.29, 1.82) is 0 Å². The van der Waals surface area contributed by atoms with E-state index in [2.05, 4.69) is 15.8 Å². The van der Waals surface area contributed by atoms with Crippen molar-refractivity contribution < 1.29 is 18.7 Å². The number of para-hydroxylation sites is 1. The molecule has 10 heteroatoms. The highest BCUT2D eigenvalue weighted by atomic mass is 32.2. The average Bonchev–Trinajstić information content (AvgIpc) is 3.25. The molecule has 2 heterocycles. The van der Waals surface area contributed by atoms with Crippen LogP contribution in [0.4, 0.5) is 0 Å². The highest BCUT2D eigenvalue weighted by Gasteiger charge is 2.18. The van der Waals surface area contributed by atoms with Gasteiger partial charge in [0, 0.05) is 7.11 Å². The van der Waals surface area contributed by atoms with Crippen LogP contribution in [0, 0.1) is 0 Å². The van der Waals surface area contributed by atoms with Crippen molar-refractivity contribution >= 4 is 34.5 Å². The molecule has 29 heavy (non-hydrogen) atoms. The zero-order valence-electron chi connectivity index (χ0n) is 15.9. The summed E-state index contributed by atoms with van der Waals surface area (Å²) in [5.74, 6) is -0.995. The third-order valence-electron chi connectivity index (χ3n) is 4.02. The Hall–Kier alpha value is -3.11. The van der Waals surface area contributed by atoms with Gasteiger partial charge < -0.3 is 9.15 Å². The highest BCUT2D eigenvalue weighted by molar-refractivity contribution is 7.99. The van der Waals surface area contributed by atoms with E-state index in [0.29, 0.717) is 22.7 Å². The van der Waals surface area contributed by atoms with Gasteiger partial charge in [-0.3, -0.25) is 29.8 Å². The minimum Gasteiger partial charge on any atom is -0.459 e. The topological polar surface area (TPSA) is 115 Å². The first-order valence-corrected chi connectivity index (χ1v) is 9.75. The van der Waals surface area contributed by atoms with Crippen molar-refractivity contribution in [2.24, 2.45) is 0 Å². The van der Waals surface area contributed by atoms with Crippen LogP contribution in [0.5, 0.6) is 0 Å². The van der Waals surface area contributed by atoms with Crippen LogP contribution in [0.2, 0.25) is 0 Å². The van der Waals surface area contributed by atoms with Crippen molar-refractivity contribution in [3.63, 3.8) is 0 Å². The molecule has 1 unspecified atom stereocenters. The number of furan rings is 1. The summed E-state index contributed by atoms with van der Waals surface area (Å²) in [5, 5.41) is 0.890. The van der Waals surface area contributed by atoms with E-state index in [4.69, 9.17) is 9.15 Å². The van der Waals surface area contributed by atoms with Crippen LogP contribution in [0.25, 0.3) is 10.9 Å². The molecule has 3 aromatic rings. The van der Waals surface area contributed by atoms with Crippen molar-refractivity contribution in [1.82, 2.24) is 20.4 Å². The molecule has 2 aromatic heterocycles. The summed E-state index contributed by atoms with van der Waals surface area (Å²) < 4.78 is 11.6. The first-order valence-electron chi connectivity index (χ1n) is 8.77. The van der Waals surface area contributed by atoms with Gasteiger partial charge in [0.2, 0.25) is 5.91 Å². The lowest BCUT2D eigenvalue weighted by molar-refractivity contribution is -0.119. The molecule has 0 bridgehead atoms. The van der Waals surface area contributed by atoms with Gasteiger partial charge in [0.15, 0.2) is 10.9 Å². The third-order valence-corrected chi connectivity index (χ3v) is 4.97. The van der Waals surface area contributed by atoms with Crippen molar-refractivity contribution in [2.45, 2.75) is 18.1 Å². The number of carbonyl (C=O) groups excluding carboxylic acids is 2. The summed E-state index contributed by atoms with van der Waals surface area (Å²) in [4.78, 5) is 41.4. The maximum absolute atomic E-state index is 12.9. The quantitative estimate of drug-likeness (QED) is 0.342.